The van der Waals surface area contributed by atoms with Crippen LogP contribution in [0.2, 0.25) is 10.0 Å². The Morgan fingerprint density at radius 3 is 2.58 bits per heavy atom. The van der Waals surface area contributed by atoms with Crippen LogP contribution in [0, 0.1) is 0 Å². The predicted octanol–water partition coefficient (Wildman–Crippen LogP) is 4.57. The number of rotatable bonds is 4. The Balaban J connectivity index is 2.58. The molecular formula is C14H13Cl2NO2. The molecule has 0 amide bonds. The summed E-state index contributed by atoms with van der Waals surface area (Å²) >= 11 is 12.1. The summed E-state index contributed by atoms with van der Waals surface area (Å²) in [7, 11) is 0. The van der Waals surface area contributed by atoms with Crippen molar-refractivity contribution >= 4 is 29.2 Å². The lowest BCUT2D eigenvalue weighted by Gasteiger charge is -2.12. The highest BCUT2D eigenvalue weighted by atomic mass is 35.5. The van der Waals surface area contributed by atoms with E-state index in [0.29, 0.717) is 16.6 Å². The Labute approximate surface area is 121 Å². The number of carboxylic acids is 1. The standard InChI is InChI=1S/C14H13Cl2NO2/c1-2-7-17-12(5-6-13(17)14(18)19)10-4-3-9(15)8-11(10)16/h3-6,8H,2,7H2,1H3,(H,18,19). The van der Waals surface area contributed by atoms with Gasteiger partial charge in [0.2, 0.25) is 0 Å². The van der Waals surface area contributed by atoms with Crippen molar-refractivity contribution in [2.24, 2.45) is 0 Å². The first-order valence-corrected chi connectivity index (χ1v) is 6.68. The highest BCUT2D eigenvalue weighted by Crippen LogP contribution is 2.32. The molecule has 0 saturated heterocycles. The number of aromatic nitrogens is 1. The second kappa shape index (κ2) is 5.68. The van der Waals surface area contributed by atoms with Crippen LogP contribution in [0.5, 0.6) is 0 Å². The fraction of sp³-hybridized carbons (Fsp3) is 0.214. The van der Waals surface area contributed by atoms with Crippen LogP contribution in [0.25, 0.3) is 11.3 Å². The van der Waals surface area contributed by atoms with Crippen LogP contribution in [-0.4, -0.2) is 15.6 Å². The molecule has 3 nitrogen and oxygen atoms in total. The molecule has 0 unspecified atom stereocenters. The zero-order valence-corrected chi connectivity index (χ0v) is 11.9. The number of benzene rings is 1. The lowest BCUT2D eigenvalue weighted by Crippen LogP contribution is -2.09. The van der Waals surface area contributed by atoms with E-state index in [-0.39, 0.29) is 5.69 Å². The van der Waals surface area contributed by atoms with Crippen molar-refractivity contribution in [3.63, 3.8) is 0 Å². The molecule has 0 aliphatic carbocycles. The fourth-order valence-electron chi connectivity index (χ4n) is 2.05. The molecule has 0 aliphatic heterocycles. The molecule has 2 rings (SSSR count). The van der Waals surface area contributed by atoms with E-state index in [2.05, 4.69) is 0 Å². The zero-order valence-electron chi connectivity index (χ0n) is 10.4. The van der Waals surface area contributed by atoms with Crippen molar-refractivity contribution in [3.8, 4) is 11.3 Å². The number of hydrogen-bond donors (Lipinski definition) is 1. The van der Waals surface area contributed by atoms with Gasteiger partial charge in [0.15, 0.2) is 0 Å². The highest BCUT2D eigenvalue weighted by molar-refractivity contribution is 6.36. The first kappa shape index (κ1) is 14.0. The van der Waals surface area contributed by atoms with E-state index in [1.54, 1.807) is 34.9 Å². The third-order valence-electron chi connectivity index (χ3n) is 2.85. The van der Waals surface area contributed by atoms with Gasteiger partial charge in [0.05, 0.1) is 10.7 Å². The molecule has 0 radical (unpaired) electrons. The number of halogens is 2. The second-order valence-corrected chi connectivity index (χ2v) is 5.03. The van der Waals surface area contributed by atoms with Gasteiger partial charge >= 0.3 is 5.97 Å². The Morgan fingerprint density at radius 1 is 1.26 bits per heavy atom. The molecule has 100 valence electrons. The third kappa shape index (κ3) is 2.77. The van der Waals surface area contributed by atoms with Gasteiger partial charge in [0.25, 0.3) is 0 Å². The monoisotopic (exact) mass is 297 g/mol. The highest BCUT2D eigenvalue weighted by Gasteiger charge is 2.16. The van der Waals surface area contributed by atoms with Gasteiger partial charge in [-0.05, 0) is 36.8 Å². The third-order valence-corrected chi connectivity index (χ3v) is 3.40. The predicted molar refractivity (Wildman–Crippen MR) is 77.1 cm³/mol. The van der Waals surface area contributed by atoms with Gasteiger partial charge in [-0.15, -0.1) is 0 Å². The lowest BCUT2D eigenvalue weighted by atomic mass is 10.1. The second-order valence-electron chi connectivity index (χ2n) is 4.18. The van der Waals surface area contributed by atoms with E-state index < -0.39 is 5.97 Å². The zero-order chi connectivity index (χ0) is 14.0. The molecule has 0 fully saturated rings. The normalized spacial score (nSPS) is 10.7. The Morgan fingerprint density at radius 2 is 2.00 bits per heavy atom. The van der Waals surface area contributed by atoms with E-state index in [4.69, 9.17) is 23.2 Å². The minimum atomic E-state index is -0.940. The van der Waals surface area contributed by atoms with Gasteiger partial charge in [-0.3, -0.25) is 0 Å². The fourth-order valence-corrected chi connectivity index (χ4v) is 2.56. The van der Waals surface area contributed by atoms with Crippen LogP contribution in [0.1, 0.15) is 23.8 Å². The van der Waals surface area contributed by atoms with Crippen molar-refractivity contribution in [2.75, 3.05) is 0 Å². The molecule has 19 heavy (non-hydrogen) atoms. The summed E-state index contributed by atoms with van der Waals surface area (Å²) < 4.78 is 1.76. The smallest absolute Gasteiger partial charge is 0.352 e. The molecule has 0 spiro atoms. The summed E-state index contributed by atoms with van der Waals surface area (Å²) in [6, 6.07) is 8.57. The van der Waals surface area contributed by atoms with Crippen LogP contribution < -0.4 is 0 Å². The summed E-state index contributed by atoms with van der Waals surface area (Å²) in [5, 5.41) is 10.3. The molecule has 2 aromatic rings. The van der Waals surface area contributed by atoms with E-state index in [9.17, 15) is 9.90 Å². The average molecular weight is 298 g/mol. The number of aromatic carboxylic acids is 1. The molecule has 5 heteroatoms. The molecule has 1 heterocycles. The minimum Gasteiger partial charge on any atom is -0.477 e. The van der Waals surface area contributed by atoms with Gasteiger partial charge < -0.3 is 9.67 Å². The first-order chi connectivity index (χ1) is 9.04. The molecule has 0 atom stereocenters. The number of carbonyl (C=O) groups is 1. The minimum absolute atomic E-state index is 0.267. The maximum absolute atomic E-state index is 11.2. The van der Waals surface area contributed by atoms with Gasteiger partial charge in [0, 0.05) is 17.1 Å². The van der Waals surface area contributed by atoms with Crippen LogP contribution >= 0.6 is 23.2 Å². The summed E-state index contributed by atoms with van der Waals surface area (Å²) in [5.74, 6) is -0.940. The van der Waals surface area contributed by atoms with E-state index in [1.807, 2.05) is 6.92 Å². The van der Waals surface area contributed by atoms with Crippen LogP contribution in [-0.2, 0) is 6.54 Å². The number of hydrogen-bond acceptors (Lipinski definition) is 1. The molecular weight excluding hydrogens is 285 g/mol. The van der Waals surface area contributed by atoms with Crippen molar-refractivity contribution in [1.29, 1.82) is 0 Å². The SMILES string of the molecule is CCCn1c(C(=O)O)ccc1-c1ccc(Cl)cc1Cl. The van der Waals surface area contributed by atoms with Gasteiger partial charge in [-0.25, -0.2) is 4.79 Å². The van der Waals surface area contributed by atoms with Gasteiger partial charge in [0.1, 0.15) is 5.69 Å². The van der Waals surface area contributed by atoms with E-state index in [0.717, 1.165) is 17.7 Å². The summed E-state index contributed by atoms with van der Waals surface area (Å²) in [6.45, 7) is 2.63. The van der Waals surface area contributed by atoms with Crippen molar-refractivity contribution in [3.05, 3.63) is 46.1 Å². The quantitative estimate of drug-likeness (QED) is 0.898. The van der Waals surface area contributed by atoms with Gasteiger partial charge in [-0.2, -0.15) is 0 Å². The molecule has 1 aromatic heterocycles. The molecule has 0 saturated carbocycles. The number of nitrogens with zero attached hydrogens (tertiary/aromatic N) is 1. The molecule has 1 aromatic carbocycles. The Bertz CT molecular complexity index is 620. The Kier molecular flexibility index (Phi) is 4.17. The topological polar surface area (TPSA) is 42.2 Å². The maximum atomic E-state index is 11.2. The van der Waals surface area contributed by atoms with Gasteiger partial charge in [-0.1, -0.05) is 30.1 Å². The summed E-state index contributed by atoms with van der Waals surface area (Å²) in [4.78, 5) is 11.2. The van der Waals surface area contributed by atoms with Crippen LogP contribution in [0.3, 0.4) is 0 Å². The van der Waals surface area contributed by atoms with Crippen LogP contribution in [0.4, 0.5) is 0 Å². The van der Waals surface area contributed by atoms with Crippen molar-refractivity contribution < 1.29 is 9.90 Å². The Hall–Kier alpha value is -1.45. The number of carboxylic acid groups (broad SMARTS) is 1. The van der Waals surface area contributed by atoms with Crippen molar-refractivity contribution in [1.82, 2.24) is 4.57 Å². The lowest BCUT2D eigenvalue weighted by molar-refractivity contribution is 0.0685. The molecule has 0 aliphatic rings. The largest absolute Gasteiger partial charge is 0.477 e. The van der Waals surface area contributed by atoms with E-state index in [1.165, 1.54) is 0 Å². The molecule has 0 bridgehead atoms. The van der Waals surface area contributed by atoms with Crippen molar-refractivity contribution in [2.45, 2.75) is 19.9 Å². The average Bonchev–Trinajstić information content (AvgIpc) is 2.73. The summed E-state index contributed by atoms with van der Waals surface area (Å²) in [6.07, 6.45) is 0.840. The first-order valence-electron chi connectivity index (χ1n) is 5.92. The maximum Gasteiger partial charge on any atom is 0.352 e. The van der Waals surface area contributed by atoms with E-state index >= 15 is 0 Å². The summed E-state index contributed by atoms with van der Waals surface area (Å²) in [5.41, 5.74) is 1.84. The molecule has 1 N–H and O–H groups in total. The van der Waals surface area contributed by atoms with Crippen LogP contribution in [0.15, 0.2) is 30.3 Å².